The van der Waals surface area contributed by atoms with Crippen LogP contribution in [0.4, 0.5) is 0 Å². The van der Waals surface area contributed by atoms with Gasteiger partial charge in [0.05, 0.1) is 4.90 Å². The zero-order valence-electron chi connectivity index (χ0n) is 16.0. The van der Waals surface area contributed by atoms with E-state index < -0.39 is 10.0 Å². The molecule has 0 heterocycles. The van der Waals surface area contributed by atoms with Crippen LogP contribution >= 0.6 is 0 Å². The number of carbonyl (C=O) groups excluding carboxylic acids is 1. The molecule has 2 aromatic carbocycles. The predicted molar refractivity (Wildman–Crippen MR) is 107 cm³/mol. The van der Waals surface area contributed by atoms with Gasteiger partial charge < -0.3 is 5.32 Å². The molecule has 0 fully saturated rings. The number of rotatable bonds is 9. The minimum atomic E-state index is -3.50. The normalized spacial score (nSPS) is 11.6. The van der Waals surface area contributed by atoms with Crippen LogP contribution in [0.1, 0.15) is 35.3 Å². The molecule has 1 amide bonds. The molecule has 0 aliphatic rings. The number of amides is 1. The molecule has 6 nitrogen and oxygen atoms in total. The van der Waals surface area contributed by atoms with Gasteiger partial charge in [-0.2, -0.15) is 0 Å². The zero-order valence-corrected chi connectivity index (χ0v) is 16.8. The quantitative estimate of drug-likeness (QED) is 0.690. The molecule has 0 unspecified atom stereocenters. The maximum Gasteiger partial charge on any atom is 0.251 e. The number of sulfonamides is 1. The Morgan fingerprint density at radius 3 is 2.00 bits per heavy atom. The lowest BCUT2D eigenvalue weighted by atomic mass is 10.1. The first-order chi connectivity index (χ1) is 12.9. The topological polar surface area (TPSA) is 78.5 Å². The van der Waals surface area contributed by atoms with Gasteiger partial charge in [-0.15, -0.1) is 0 Å². The van der Waals surface area contributed by atoms with Crippen LogP contribution in [0.3, 0.4) is 0 Å². The number of benzene rings is 2. The summed E-state index contributed by atoms with van der Waals surface area (Å²) in [7, 11) is -2.15. The van der Waals surface area contributed by atoms with Crippen molar-refractivity contribution in [2.24, 2.45) is 0 Å². The maximum atomic E-state index is 12.3. The molecular weight excluding hydrogens is 362 g/mol. The molecule has 27 heavy (non-hydrogen) atoms. The van der Waals surface area contributed by atoms with E-state index in [2.05, 4.69) is 40.9 Å². The second-order valence-corrected chi connectivity index (χ2v) is 8.08. The van der Waals surface area contributed by atoms with Gasteiger partial charge in [0.2, 0.25) is 10.0 Å². The van der Waals surface area contributed by atoms with Crippen LogP contribution in [-0.2, 0) is 23.1 Å². The molecular formula is C20H27N3O3S. The third kappa shape index (κ3) is 5.89. The third-order valence-electron chi connectivity index (χ3n) is 4.47. The van der Waals surface area contributed by atoms with Crippen molar-refractivity contribution in [3.05, 3.63) is 65.2 Å². The fourth-order valence-corrected chi connectivity index (χ4v) is 3.39. The van der Waals surface area contributed by atoms with Gasteiger partial charge in [0.15, 0.2) is 0 Å². The number of nitrogens with zero attached hydrogens (tertiary/aromatic N) is 1. The number of hydrogen-bond donors (Lipinski definition) is 2. The van der Waals surface area contributed by atoms with Crippen LogP contribution in [0, 0.1) is 0 Å². The average molecular weight is 390 g/mol. The summed E-state index contributed by atoms with van der Waals surface area (Å²) < 4.78 is 25.7. The smallest absolute Gasteiger partial charge is 0.251 e. The number of hydrogen-bond acceptors (Lipinski definition) is 4. The molecule has 0 aliphatic heterocycles. The highest BCUT2D eigenvalue weighted by molar-refractivity contribution is 7.89. The lowest BCUT2D eigenvalue weighted by Gasteiger charge is -2.18. The first kappa shape index (κ1) is 21.1. The molecule has 0 radical (unpaired) electrons. The lowest BCUT2D eigenvalue weighted by Crippen LogP contribution is -2.23. The number of nitrogens with one attached hydrogen (secondary N) is 2. The Morgan fingerprint density at radius 1 is 0.926 bits per heavy atom. The van der Waals surface area contributed by atoms with Crippen molar-refractivity contribution in [3.63, 3.8) is 0 Å². The van der Waals surface area contributed by atoms with Gasteiger partial charge >= 0.3 is 0 Å². The van der Waals surface area contributed by atoms with E-state index in [-0.39, 0.29) is 10.8 Å². The van der Waals surface area contributed by atoms with Gasteiger partial charge in [-0.3, -0.25) is 9.69 Å². The van der Waals surface area contributed by atoms with Crippen molar-refractivity contribution < 1.29 is 13.2 Å². The second kappa shape index (κ2) is 9.64. The van der Waals surface area contributed by atoms with Crippen molar-refractivity contribution >= 4 is 15.9 Å². The molecule has 146 valence electrons. The molecule has 0 atom stereocenters. The summed E-state index contributed by atoms with van der Waals surface area (Å²) in [6, 6.07) is 14.0. The van der Waals surface area contributed by atoms with Crippen molar-refractivity contribution in [3.8, 4) is 0 Å². The molecule has 2 rings (SSSR count). The maximum absolute atomic E-state index is 12.3. The van der Waals surface area contributed by atoms with Crippen LogP contribution in [0.25, 0.3) is 0 Å². The molecule has 0 saturated heterocycles. The highest BCUT2D eigenvalue weighted by atomic mass is 32.2. The van der Waals surface area contributed by atoms with E-state index >= 15 is 0 Å². The average Bonchev–Trinajstić information content (AvgIpc) is 2.71. The van der Waals surface area contributed by atoms with E-state index in [0.717, 1.165) is 25.2 Å². The van der Waals surface area contributed by atoms with Gasteiger partial charge in [-0.05, 0) is 55.5 Å². The molecule has 2 N–H and O–H groups in total. The van der Waals surface area contributed by atoms with Gasteiger partial charge in [0.1, 0.15) is 0 Å². The molecule has 0 saturated carbocycles. The van der Waals surface area contributed by atoms with Crippen LogP contribution in [0.15, 0.2) is 53.4 Å². The van der Waals surface area contributed by atoms with Gasteiger partial charge in [-0.1, -0.05) is 38.1 Å². The van der Waals surface area contributed by atoms with Crippen molar-refractivity contribution in [1.29, 1.82) is 0 Å². The largest absolute Gasteiger partial charge is 0.348 e. The Bertz CT molecular complexity index is 843. The van der Waals surface area contributed by atoms with Crippen LogP contribution in [-0.4, -0.2) is 39.4 Å². The Hall–Kier alpha value is -2.22. The Kier molecular flexibility index (Phi) is 7.53. The summed E-state index contributed by atoms with van der Waals surface area (Å²) >= 11 is 0. The van der Waals surface area contributed by atoms with E-state index in [4.69, 9.17) is 0 Å². The summed E-state index contributed by atoms with van der Waals surface area (Å²) in [5.74, 6) is -0.240. The minimum Gasteiger partial charge on any atom is -0.348 e. The predicted octanol–water partition coefficient (Wildman–Crippen LogP) is 2.37. The zero-order chi connectivity index (χ0) is 19.9. The molecule has 2 aromatic rings. The fourth-order valence-electron chi connectivity index (χ4n) is 2.66. The van der Waals surface area contributed by atoms with E-state index in [1.807, 2.05) is 12.1 Å². The van der Waals surface area contributed by atoms with E-state index in [1.54, 1.807) is 0 Å². The summed E-state index contributed by atoms with van der Waals surface area (Å²) in [5, 5.41) is 2.86. The number of carbonyl (C=O) groups is 1. The van der Waals surface area contributed by atoms with Crippen molar-refractivity contribution in [2.45, 2.75) is 31.8 Å². The van der Waals surface area contributed by atoms with E-state index in [9.17, 15) is 13.2 Å². The lowest BCUT2D eigenvalue weighted by molar-refractivity contribution is 0.0951. The van der Waals surface area contributed by atoms with Crippen molar-refractivity contribution in [1.82, 2.24) is 14.9 Å². The highest BCUT2D eigenvalue weighted by Crippen LogP contribution is 2.11. The molecule has 0 aliphatic carbocycles. The standard InChI is InChI=1S/C20H27N3O3S/c1-4-23(5-2)15-17-8-6-16(7-9-17)14-22-20(24)18-10-12-19(13-11-18)27(25,26)21-3/h6-13,21H,4-5,14-15H2,1-3H3,(H,22,24). The van der Waals surface area contributed by atoms with E-state index in [1.165, 1.54) is 36.9 Å². The summed E-state index contributed by atoms with van der Waals surface area (Å²) in [6.45, 7) is 7.66. The molecule has 0 aromatic heterocycles. The Labute approximate surface area is 161 Å². The summed E-state index contributed by atoms with van der Waals surface area (Å²) in [5.41, 5.74) is 2.68. The van der Waals surface area contributed by atoms with Crippen molar-refractivity contribution in [2.75, 3.05) is 20.1 Å². The third-order valence-corrected chi connectivity index (χ3v) is 5.90. The van der Waals surface area contributed by atoms with E-state index in [0.29, 0.717) is 12.1 Å². The Balaban J connectivity index is 1.93. The second-order valence-electron chi connectivity index (χ2n) is 6.19. The molecule has 0 spiro atoms. The minimum absolute atomic E-state index is 0.130. The van der Waals surface area contributed by atoms with Crippen LogP contribution in [0.5, 0.6) is 0 Å². The van der Waals surface area contributed by atoms with Gasteiger partial charge in [-0.25, -0.2) is 13.1 Å². The monoisotopic (exact) mass is 389 g/mol. The molecule has 0 bridgehead atoms. The van der Waals surface area contributed by atoms with Gasteiger partial charge in [0, 0.05) is 18.7 Å². The first-order valence-electron chi connectivity index (χ1n) is 9.01. The van der Waals surface area contributed by atoms with Crippen LogP contribution in [0.2, 0.25) is 0 Å². The fraction of sp³-hybridized carbons (Fsp3) is 0.350. The SMILES string of the molecule is CCN(CC)Cc1ccc(CNC(=O)c2ccc(S(=O)(=O)NC)cc2)cc1. The van der Waals surface area contributed by atoms with Crippen LogP contribution < -0.4 is 10.0 Å². The Morgan fingerprint density at radius 2 is 1.48 bits per heavy atom. The molecule has 7 heteroatoms. The first-order valence-corrected chi connectivity index (χ1v) is 10.5. The highest BCUT2D eigenvalue weighted by Gasteiger charge is 2.12. The summed E-state index contributed by atoms with van der Waals surface area (Å²) in [4.78, 5) is 14.7. The summed E-state index contributed by atoms with van der Waals surface area (Å²) in [6.07, 6.45) is 0. The van der Waals surface area contributed by atoms with Gasteiger partial charge in [0.25, 0.3) is 5.91 Å².